The van der Waals surface area contributed by atoms with Crippen LogP contribution in [0.4, 0.5) is 5.69 Å². The molecule has 4 rings (SSSR count). The largest absolute Gasteiger partial charge is 0.493 e. The van der Waals surface area contributed by atoms with Crippen LogP contribution in [0.5, 0.6) is 11.5 Å². The van der Waals surface area contributed by atoms with Crippen LogP contribution >= 0.6 is 11.8 Å². The molecule has 0 unspecified atom stereocenters. The van der Waals surface area contributed by atoms with E-state index in [0.717, 1.165) is 27.9 Å². The fourth-order valence-corrected chi connectivity index (χ4v) is 4.94. The number of carbonyl (C=O) groups excluding carboxylic acids is 2. The van der Waals surface area contributed by atoms with Crippen LogP contribution in [0.25, 0.3) is 10.9 Å². The summed E-state index contributed by atoms with van der Waals surface area (Å²) in [5.74, 6) is 1.16. The lowest BCUT2D eigenvalue weighted by molar-refractivity contribution is -0.113. The zero-order valence-corrected chi connectivity index (χ0v) is 22.1. The molecule has 0 atom stereocenters. The van der Waals surface area contributed by atoms with E-state index in [1.165, 1.54) is 17.3 Å². The Kier molecular flexibility index (Phi) is 8.74. The molecule has 192 valence electrons. The molecule has 37 heavy (non-hydrogen) atoms. The van der Waals surface area contributed by atoms with Crippen molar-refractivity contribution in [1.29, 1.82) is 0 Å². The lowest BCUT2D eigenvalue weighted by atomic mass is 10.1. The summed E-state index contributed by atoms with van der Waals surface area (Å²) in [7, 11) is 3.10. The quantitative estimate of drug-likeness (QED) is 0.261. The molecule has 0 aliphatic rings. The highest BCUT2D eigenvalue weighted by Gasteiger charge is 2.13. The monoisotopic (exact) mass is 517 g/mol. The van der Waals surface area contributed by atoms with Gasteiger partial charge in [-0.2, -0.15) is 0 Å². The van der Waals surface area contributed by atoms with Crippen LogP contribution in [0.2, 0.25) is 0 Å². The van der Waals surface area contributed by atoms with Gasteiger partial charge in [0, 0.05) is 46.3 Å². The molecule has 2 amide bonds. The highest BCUT2D eigenvalue weighted by Crippen LogP contribution is 2.30. The minimum atomic E-state index is -0.185. The molecule has 4 aromatic rings. The van der Waals surface area contributed by atoms with Gasteiger partial charge in [-0.15, -0.1) is 11.8 Å². The number of ether oxygens (including phenoxy) is 2. The van der Waals surface area contributed by atoms with E-state index in [4.69, 9.17) is 9.47 Å². The van der Waals surface area contributed by atoms with Crippen molar-refractivity contribution in [2.75, 3.05) is 31.8 Å². The fourth-order valence-electron chi connectivity index (χ4n) is 4.05. The van der Waals surface area contributed by atoms with Crippen LogP contribution in [0.1, 0.15) is 22.8 Å². The Hall–Kier alpha value is -3.91. The van der Waals surface area contributed by atoms with Crippen LogP contribution in [-0.4, -0.2) is 42.9 Å². The average molecular weight is 518 g/mol. The predicted molar refractivity (Wildman–Crippen MR) is 149 cm³/mol. The molecule has 8 heteroatoms. The van der Waals surface area contributed by atoms with Crippen molar-refractivity contribution in [3.63, 3.8) is 0 Å². The van der Waals surface area contributed by atoms with Crippen LogP contribution in [0.15, 0.2) is 77.8 Å². The Bertz CT molecular complexity index is 1380. The molecule has 0 aliphatic heterocycles. The first kappa shape index (κ1) is 26.2. The van der Waals surface area contributed by atoms with Crippen LogP contribution < -0.4 is 20.1 Å². The molecule has 1 heterocycles. The van der Waals surface area contributed by atoms with E-state index >= 15 is 0 Å². The van der Waals surface area contributed by atoms with E-state index in [1.54, 1.807) is 32.4 Å². The number of hydrogen-bond donors (Lipinski definition) is 2. The number of anilines is 1. The number of nitrogens with one attached hydrogen (secondary N) is 2. The topological polar surface area (TPSA) is 81.6 Å². The number of para-hydroxylation sites is 1. The third kappa shape index (κ3) is 6.46. The number of nitrogens with zero attached hydrogens (tertiary/aromatic N) is 1. The molecule has 7 nitrogen and oxygen atoms in total. The first-order chi connectivity index (χ1) is 18.0. The Labute approximate surface area is 221 Å². The highest BCUT2D eigenvalue weighted by atomic mass is 32.2. The Morgan fingerprint density at radius 1 is 0.946 bits per heavy atom. The van der Waals surface area contributed by atoms with Gasteiger partial charge < -0.3 is 24.7 Å². The molecule has 1 aromatic heterocycles. The number of benzene rings is 3. The number of carbonyl (C=O) groups is 2. The summed E-state index contributed by atoms with van der Waals surface area (Å²) in [5, 5.41) is 7.02. The van der Waals surface area contributed by atoms with Gasteiger partial charge in [0.25, 0.3) is 5.91 Å². The number of methoxy groups -OCH3 is 2. The van der Waals surface area contributed by atoms with E-state index in [9.17, 15) is 9.59 Å². The van der Waals surface area contributed by atoms with Gasteiger partial charge in [-0.25, -0.2) is 0 Å². The second-order valence-corrected chi connectivity index (χ2v) is 9.43. The summed E-state index contributed by atoms with van der Waals surface area (Å²) < 4.78 is 12.6. The number of aryl methyl sites for hydroxylation is 1. The minimum Gasteiger partial charge on any atom is -0.493 e. The second kappa shape index (κ2) is 12.4. The summed E-state index contributed by atoms with van der Waals surface area (Å²) >= 11 is 1.50. The minimum absolute atomic E-state index is 0.0479. The molecule has 0 saturated carbocycles. The summed E-state index contributed by atoms with van der Waals surface area (Å²) in [6.45, 7) is 3.15. The smallest absolute Gasteiger partial charge is 0.251 e. The molecule has 0 aliphatic carbocycles. The summed E-state index contributed by atoms with van der Waals surface area (Å²) in [4.78, 5) is 26.2. The van der Waals surface area contributed by atoms with Crippen molar-refractivity contribution < 1.29 is 19.1 Å². The standard InChI is InChI=1S/C29H31N3O4S/c1-4-20-9-12-22(13-10-20)31-28(33)19-37-27-18-32(24-8-6-5-7-23(24)27)16-15-30-29(34)21-11-14-25(35-2)26(17-21)36-3/h5-14,17-18H,4,15-16,19H2,1-3H3,(H,30,34)(H,31,33). The van der Waals surface area contributed by atoms with Crippen molar-refractivity contribution >= 4 is 40.2 Å². The summed E-state index contributed by atoms with van der Waals surface area (Å²) in [6, 6.07) is 21.1. The van der Waals surface area contributed by atoms with Gasteiger partial charge in [-0.3, -0.25) is 9.59 Å². The number of fused-ring (bicyclic) bond motifs is 1. The van der Waals surface area contributed by atoms with E-state index in [-0.39, 0.29) is 11.8 Å². The number of hydrogen-bond acceptors (Lipinski definition) is 5. The van der Waals surface area contributed by atoms with Crippen molar-refractivity contribution in [3.8, 4) is 11.5 Å². The lowest BCUT2D eigenvalue weighted by Crippen LogP contribution is -2.27. The van der Waals surface area contributed by atoms with Gasteiger partial charge in [-0.1, -0.05) is 37.3 Å². The molecule has 0 saturated heterocycles. The lowest BCUT2D eigenvalue weighted by Gasteiger charge is -2.10. The average Bonchev–Trinajstić information content (AvgIpc) is 3.29. The zero-order chi connectivity index (χ0) is 26.2. The number of amides is 2. The maximum atomic E-state index is 12.7. The third-order valence-electron chi connectivity index (χ3n) is 6.04. The molecule has 2 N–H and O–H groups in total. The van der Waals surface area contributed by atoms with E-state index < -0.39 is 0 Å². The Balaban J connectivity index is 1.37. The number of rotatable bonds is 11. The van der Waals surface area contributed by atoms with Gasteiger partial charge in [0.05, 0.1) is 20.0 Å². The zero-order valence-electron chi connectivity index (χ0n) is 21.2. The summed E-state index contributed by atoms with van der Waals surface area (Å²) in [5.41, 5.74) is 3.60. The van der Waals surface area contributed by atoms with Crippen molar-refractivity contribution in [1.82, 2.24) is 9.88 Å². The van der Waals surface area contributed by atoms with Gasteiger partial charge in [0.1, 0.15) is 0 Å². The van der Waals surface area contributed by atoms with Crippen molar-refractivity contribution in [2.24, 2.45) is 0 Å². The predicted octanol–water partition coefficient (Wildman–Crippen LogP) is 5.38. The number of aromatic nitrogens is 1. The van der Waals surface area contributed by atoms with E-state index in [0.29, 0.717) is 35.9 Å². The maximum absolute atomic E-state index is 12.7. The van der Waals surface area contributed by atoms with Gasteiger partial charge in [-0.05, 0) is 48.4 Å². The number of thioether (sulfide) groups is 1. The maximum Gasteiger partial charge on any atom is 0.251 e. The highest BCUT2D eigenvalue weighted by molar-refractivity contribution is 8.00. The Morgan fingerprint density at radius 2 is 1.70 bits per heavy atom. The van der Waals surface area contributed by atoms with Gasteiger partial charge in [0.2, 0.25) is 5.91 Å². The molecule has 0 radical (unpaired) electrons. The van der Waals surface area contributed by atoms with E-state index in [2.05, 4.69) is 28.2 Å². The molecule has 0 fully saturated rings. The molecular formula is C29H31N3O4S. The second-order valence-electron chi connectivity index (χ2n) is 8.42. The van der Waals surface area contributed by atoms with Gasteiger partial charge in [0.15, 0.2) is 11.5 Å². The first-order valence-electron chi connectivity index (χ1n) is 12.1. The Morgan fingerprint density at radius 3 is 2.43 bits per heavy atom. The third-order valence-corrected chi connectivity index (χ3v) is 7.08. The normalized spacial score (nSPS) is 10.8. The van der Waals surface area contributed by atoms with Crippen LogP contribution in [-0.2, 0) is 17.8 Å². The van der Waals surface area contributed by atoms with Crippen molar-refractivity contribution in [2.45, 2.75) is 24.8 Å². The molecule has 0 spiro atoms. The van der Waals surface area contributed by atoms with Crippen molar-refractivity contribution in [3.05, 3.63) is 84.1 Å². The van der Waals surface area contributed by atoms with E-state index in [1.807, 2.05) is 48.7 Å². The van der Waals surface area contributed by atoms with Crippen LogP contribution in [0, 0.1) is 0 Å². The van der Waals surface area contributed by atoms with Gasteiger partial charge >= 0.3 is 0 Å². The SMILES string of the molecule is CCc1ccc(NC(=O)CSc2cn(CCNC(=O)c3ccc(OC)c(OC)c3)c3ccccc23)cc1. The molecular weight excluding hydrogens is 486 g/mol. The fraction of sp³-hybridized carbons (Fsp3) is 0.241. The molecule has 0 bridgehead atoms. The summed E-state index contributed by atoms with van der Waals surface area (Å²) in [6.07, 6.45) is 3.01. The van der Waals surface area contributed by atoms with Crippen LogP contribution in [0.3, 0.4) is 0 Å². The first-order valence-corrected chi connectivity index (χ1v) is 13.1. The molecule has 3 aromatic carbocycles.